The van der Waals surface area contributed by atoms with Crippen LogP contribution in [0, 0.1) is 0 Å². The fourth-order valence-electron chi connectivity index (χ4n) is 2.02. The van der Waals surface area contributed by atoms with Crippen molar-refractivity contribution < 1.29 is 4.74 Å². The number of hydrogen-bond acceptors (Lipinski definition) is 2. The van der Waals surface area contributed by atoms with Gasteiger partial charge in [-0.05, 0) is 28.8 Å². The van der Waals surface area contributed by atoms with E-state index in [2.05, 4.69) is 29.3 Å². The lowest BCUT2D eigenvalue weighted by molar-refractivity contribution is 0.330. The van der Waals surface area contributed by atoms with Crippen molar-refractivity contribution >= 4 is 18.0 Å². The Hall–Kier alpha value is -1.80. The molecule has 3 rings (SSSR count). The highest BCUT2D eigenvalue weighted by atomic mass is 35.5. The van der Waals surface area contributed by atoms with Gasteiger partial charge in [0.2, 0.25) is 0 Å². The van der Waals surface area contributed by atoms with Crippen LogP contribution in [0.1, 0.15) is 11.6 Å². The van der Waals surface area contributed by atoms with E-state index in [0.29, 0.717) is 6.61 Å². The number of ether oxygens (including phenoxy) is 1. The molecule has 0 fully saturated rings. The predicted molar refractivity (Wildman–Crippen MR) is 74.1 cm³/mol. The Morgan fingerprint density at radius 2 is 1.56 bits per heavy atom. The average Bonchev–Trinajstić information content (AvgIpc) is 2.94. The molecular formula is C15H12ClNO. The fraction of sp³-hybridized carbons (Fsp3) is 0.133. The Morgan fingerprint density at radius 1 is 0.944 bits per heavy atom. The van der Waals surface area contributed by atoms with Crippen molar-refractivity contribution in [1.29, 1.82) is 0 Å². The molecule has 1 unspecified atom stereocenters. The standard InChI is InChI=1S/C15H12ClNO/c16-14-7-5-12(6-8-14)11-1-3-13(4-2-11)15-9-18-10-17-15/h1-8,10,15H,9H2. The minimum Gasteiger partial charge on any atom is -0.481 e. The van der Waals surface area contributed by atoms with Gasteiger partial charge in [0.15, 0.2) is 6.40 Å². The zero-order chi connectivity index (χ0) is 12.4. The Morgan fingerprint density at radius 3 is 2.11 bits per heavy atom. The van der Waals surface area contributed by atoms with Crippen LogP contribution in [-0.2, 0) is 4.74 Å². The molecule has 0 N–H and O–H groups in total. The van der Waals surface area contributed by atoms with Crippen molar-refractivity contribution in [3.05, 3.63) is 59.1 Å². The van der Waals surface area contributed by atoms with Crippen molar-refractivity contribution in [3.63, 3.8) is 0 Å². The lowest BCUT2D eigenvalue weighted by Crippen LogP contribution is -1.96. The van der Waals surface area contributed by atoms with Crippen LogP contribution in [0.5, 0.6) is 0 Å². The Labute approximate surface area is 111 Å². The summed E-state index contributed by atoms with van der Waals surface area (Å²) in [5, 5.41) is 0.757. The molecule has 2 aromatic rings. The first-order valence-corrected chi connectivity index (χ1v) is 6.20. The molecule has 0 saturated carbocycles. The molecule has 0 bridgehead atoms. The van der Waals surface area contributed by atoms with Crippen molar-refractivity contribution in [3.8, 4) is 11.1 Å². The summed E-state index contributed by atoms with van der Waals surface area (Å²) >= 11 is 5.88. The van der Waals surface area contributed by atoms with Crippen molar-refractivity contribution in [2.45, 2.75) is 6.04 Å². The van der Waals surface area contributed by atoms with Gasteiger partial charge in [-0.2, -0.15) is 0 Å². The van der Waals surface area contributed by atoms with E-state index in [1.165, 1.54) is 17.5 Å². The monoisotopic (exact) mass is 257 g/mol. The van der Waals surface area contributed by atoms with Crippen molar-refractivity contribution in [1.82, 2.24) is 0 Å². The zero-order valence-corrected chi connectivity index (χ0v) is 10.5. The maximum atomic E-state index is 5.88. The lowest BCUT2D eigenvalue weighted by atomic mass is 10.0. The number of halogens is 1. The van der Waals surface area contributed by atoms with E-state index in [-0.39, 0.29) is 6.04 Å². The minimum absolute atomic E-state index is 0.143. The van der Waals surface area contributed by atoms with Gasteiger partial charge in [-0.15, -0.1) is 0 Å². The van der Waals surface area contributed by atoms with Crippen LogP contribution in [0.2, 0.25) is 5.02 Å². The number of rotatable bonds is 2. The van der Waals surface area contributed by atoms with E-state index < -0.39 is 0 Å². The molecule has 18 heavy (non-hydrogen) atoms. The molecular weight excluding hydrogens is 246 g/mol. The van der Waals surface area contributed by atoms with Crippen LogP contribution in [0.4, 0.5) is 0 Å². The molecule has 1 aliphatic rings. The van der Waals surface area contributed by atoms with E-state index >= 15 is 0 Å². The summed E-state index contributed by atoms with van der Waals surface area (Å²) in [5.74, 6) is 0. The highest BCUT2D eigenvalue weighted by Crippen LogP contribution is 2.26. The third-order valence-electron chi connectivity index (χ3n) is 3.04. The van der Waals surface area contributed by atoms with Crippen molar-refractivity contribution in [2.24, 2.45) is 4.99 Å². The van der Waals surface area contributed by atoms with Gasteiger partial charge >= 0.3 is 0 Å². The SMILES string of the molecule is Clc1ccc(-c2ccc(C3COC=N3)cc2)cc1. The van der Waals surface area contributed by atoms with Gasteiger partial charge in [0.1, 0.15) is 12.6 Å². The van der Waals surface area contributed by atoms with Crippen LogP contribution >= 0.6 is 11.6 Å². The van der Waals surface area contributed by atoms with Crippen LogP contribution in [-0.4, -0.2) is 13.0 Å². The first kappa shape index (κ1) is 11.3. The second-order valence-corrected chi connectivity index (χ2v) is 4.67. The summed E-state index contributed by atoms with van der Waals surface area (Å²) in [5.41, 5.74) is 3.52. The first-order chi connectivity index (χ1) is 8.83. The average molecular weight is 258 g/mol. The molecule has 1 aliphatic heterocycles. The number of hydrogen-bond donors (Lipinski definition) is 0. The number of benzene rings is 2. The van der Waals surface area contributed by atoms with Gasteiger partial charge in [0, 0.05) is 5.02 Å². The van der Waals surface area contributed by atoms with Crippen LogP contribution < -0.4 is 0 Å². The summed E-state index contributed by atoms with van der Waals surface area (Å²) in [6.45, 7) is 0.639. The summed E-state index contributed by atoms with van der Waals surface area (Å²) < 4.78 is 5.13. The molecule has 0 aliphatic carbocycles. The Bertz CT molecular complexity index is 560. The van der Waals surface area contributed by atoms with Gasteiger partial charge in [0.25, 0.3) is 0 Å². The summed E-state index contributed by atoms with van der Waals surface area (Å²) in [6, 6.07) is 16.4. The molecule has 90 valence electrons. The Kier molecular flexibility index (Phi) is 3.03. The van der Waals surface area contributed by atoms with Gasteiger partial charge in [-0.1, -0.05) is 48.0 Å². The Balaban J connectivity index is 1.86. The molecule has 1 atom stereocenters. The molecule has 0 spiro atoms. The first-order valence-electron chi connectivity index (χ1n) is 5.82. The quantitative estimate of drug-likeness (QED) is 0.794. The van der Waals surface area contributed by atoms with Crippen molar-refractivity contribution in [2.75, 3.05) is 6.61 Å². The summed E-state index contributed by atoms with van der Waals surface area (Å²) in [4.78, 5) is 4.26. The van der Waals surface area contributed by atoms with Crippen LogP contribution in [0.15, 0.2) is 53.5 Å². The summed E-state index contributed by atoms with van der Waals surface area (Å²) in [7, 11) is 0. The molecule has 0 saturated heterocycles. The summed E-state index contributed by atoms with van der Waals surface area (Å²) in [6.07, 6.45) is 1.53. The minimum atomic E-state index is 0.143. The normalized spacial score (nSPS) is 17.7. The molecule has 3 heteroatoms. The molecule has 2 nitrogen and oxygen atoms in total. The second kappa shape index (κ2) is 4.83. The molecule has 1 heterocycles. The van der Waals surface area contributed by atoms with Crippen LogP contribution in [0.3, 0.4) is 0 Å². The largest absolute Gasteiger partial charge is 0.481 e. The van der Waals surface area contributed by atoms with Gasteiger partial charge in [-0.3, -0.25) is 0 Å². The van der Waals surface area contributed by atoms with E-state index in [1.807, 2.05) is 24.3 Å². The highest BCUT2D eigenvalue weighted by molar-refractivity contribution is 6.30. The smallest absolute Gasteiger partial charge is 0.170 e. The molecule has 0 radical (unpaired) electrons. The third kappa shape index (κ3) is 2.24. The lowest BCUT2D eigenvalue weighted by Gasteiger charge is -2.07. The molecule has 0 amide bonds. The van der Waals surface area contributed by atoms with E-state index in [1.54, 1.807) is 0 Å². The van der Waals surface area contributed by atoms with Gasteiger partial charge < -0.3 is 4.74 Å². The van der Waals surface area contributed by atoms with Gasteiger partial charge in [-0.25, -0.2) is 4.99 Å². The topological polar surface area (TPSA) is 21.6 Å². The molecule has 2 aromatic carbocycles. The molecule has 0 aromatic heterocycles. The van der Waals surface area contributed by atoms with Gasteiger partial charge in [0.05, 0.1) is 0 Å². The predicted octanol–water partition coefficient (Wildman–Crippen LogP) is 4.11. The number of nitrogens with zero attached hydrogens (tertiary/aromatic N) is 1. The number of aliphatic imine (C=N–C) groups is 1. The van der Waals surface area contributed by atoms with E-state index in [9.17, 15) is 0 Å². The van der Waals surface area contributed by atoms with E-state index in [4.69, 9.17) is 16.3 Å². The second-order valence-electron chi connectivity index (χ2n) is 4.23. The maximum Gasteiger partial charge on any atom is 0.170 e. The maximum absolute atomic E-state index is 5.88. The third-order valence-corrected chi connectivity index (χ3v) is 3.29. The fourth-order valence-corrected chi connectivity index (χ4v) is 2.14. The van der Waals surface area contributed by atoms with Crippen LogP contribution in [0.25, 0.3) is 11.1 Å². The zero-order valence-electron chi connectivity index (χ0n) is 9.71. The van der Waals surface area contributed by atoms with E-state index in [0.717, 1.165) is 10.6 Å². The highest BCUT2D eigenvalue weighted by Gasteiger charge is 2.13.